The average molecular weight is 422 g/mol. The van der Waals surface area contributed by atoms with Gasteiger partial charge in [-0.25, -0.2) is 4.79 Å². The number of esters is 1. The number of ether oxygens (including phenoxy) is 2. The van der Waals surface area contributed by atoms with Gasteiger partial charge in [-0.2, -0.15) is 0 Å². The average Bonchev–Trinajstić information content (AvgIpc) is 2.96. The van der Waals surface area contributed by atoms with E-state index < -0.39 is 5.97 Å². The molecule has 1 aliphatic heterocycles. The highest BCUT2D eigenvalue weighted by molar-refractivity contribution is 6.32. The van der Waals surface area contributed by atoms with Gasteiger partial charge in [-0.1, -0.05) is 48.0 Å². The lowest BCUT2D eigenvalue weighted by Gasteiger charge is -2.24. The fourth-order valence-corrected chi connectivity index (χ4v) is 4.00. The molecule has 0 bridgehead atoms. The lowest BCUT2D eigenvalue weighted by molar-refractivity contribution is -0.136. The Morgan fingerprint density at radius 3 is 2.37 bits per heavy atom. The summed E-state index contributed by atoms with van der Waals surface area (Å²) in [4.78, 5) is 14.6. The molecule has 0 saturated carbocycles. The van der Waals surface area contributed by atoms with Crippen molar-refractivity contribution in [3.05, 3.63) is 88.4 Å². The van der Waals surface area contributed by atoms with Gasteiger partial charge >= 0.3 is 5.97 Å². The van der Waals surface area contributed by atoms with Crippen LogP contribution in [0.5, 0.6) is 11.5 Å². The molecule has 0 unspecified atom stereocenters. The second-order valence-corrected chi connectivity index (χ2v) is 7.81. The Balaban J connectivity index is 1.43. The largest absolute Gasteiger partial charge is 0.482 e. The van der Waals surface area contributed by atoms with E-state index in [9.17, 15) is 4.79 Å². The Morgan fingerprint density at radius 1 is 0.967 bits per heavy atom. The number of para-hydroxylation sites is 2. The summed E-state index contributed by atoms with van der Waals surface area (Å²) in [5.74, 6) is 0.538. The molecule has 1 aliphatic rings. The van der Waals surface area contributed by atoms with E-state index in [4.69, 9.17) is 21.1 Å². The van der Waals surface area contributed by atoms with Crippen LogP contribution in [0.15, 0.2) is 66.7 Å². The molecular weight excluding hydrogens is 398 g/mol. The molecule has 5 heteroatoms. The number of nitrogens with zero attached hydrogens (tertiary/aromatic N) is 1. The topological polar surface area (TPSA) is 38.8 Å². The highest BCUT2D eigenvalue weighted by atomic mass is 35.5. The van der Waals surface area contributed by atoms with Gasteiger partial charge in [0.15, 0.2) is 6.61 Å². The number of hydrogen-bond acceptors (Lipinski definition) is 4. The quantitative estimate of drug-likeness (QED) is 0.417. The molecule has 3 aromatic carbocycles. The lowest BCUT2D eigenvalue weighted by atomic mass is 10.0. The number of fused-ring (bicyclic) bond motifs is 1. The zero-order chi connectivity index (χ0) is 20.9. The van der Waals surface area contributed by atoms with E-state index in [1.807, 2.05) is 30.3 Å². The Morgan fingerprint density at radius 2 is 1.63 bits per heavy atom. The van der Waals surface area contributed by atoms with Crippen molar-refractivity contribution in [2.45, 2.75) is 19.8 Å². The fourth-order valence-electron chi connectivity index (χ4n) is 3.77. The van der Waals surface area contributed by atoms with E-state index in [2.05, 4.69) is 36.1 Å². The second kappa shape index (κ2) is 9.23. The van der Waals surface area contributed by atoms with Gasteiger partial charge in [0.25, 0.3) is 0 Å². The van der Waals surface area contributed by atoms with Crippen LogP contribution < -0.4 is 14.4 Å². The SMILES string of the molecule is Cc1ccccc1N1CCc2cc(Cl)c(OC(=O)COc3ccccc3)cc2CC1. The van der Waals surface area contributed by atoms with E-state index >= 15 is 0 Å². The van der Waals surface area contributed by atoms with Crippen LogP contribution in [0.4, 0.5) is 5.69 Å². The molecule has 4 nitrogen and oxygen atoms in total. The first-order valence-electron chi connectivity index (χ1n) is 10.1. The molecule has 0 spiro atoms. The van der Waals surface area contributed by atoms with Gasteiger partial charge < -0.3 is 14.4 Å². The fraction of sp³-hybridized carbons (Fsp3) is 0.240. The van der Waals surface area contributed by atoms with Gasteiger partial charge in [0.05, 0.1) is 5.02 Å². The van der Waals surface area contributed by atoms with Crippen LogP contribution in [0.1, 0.15) is 16.7 Å². The van der Waals surface area contributed by atoms with E-state index in [1.54, 1.807) is 12.1 Å². The maximum Gasteiger partial charge on any atom is 0.349 e. The summed E-state index contributed by atoms with van der Waals surface area (Å²) >= 11 is 6.42. The third kappa shape index (κ3) is 4.77. The van der Waals surface area contributed by atoms with Crippen molar-refractivity contribution in [3.63, 3.8) is 0 Å². The number of aryl methyl sites for hydroxylation is 1. The van der Waals surface area contributed by atoms with Crippen molar-refractivity contribution in [2.75, 3.05) is 24.6 Å². The standard InChI is InChI=1S/C25H24ClNO3/c1-18-7-5-6-10-23(18)27-13-11-19-15-22(26)24(16-20(19)12-14-27)30-25(28)17-29-21-8-3-2-4-9-21/h2-10,15-16H,11-14,17H2,1H3. The smallest absolute Gasteiger partial charge is 0.349 e. The first-order chi connectivity index (χ1) is 14.6. The molecular formula is C25H24ClNO3. The van der Waals surface area contributed by atoms with Crippen molar-refractivity contribution >= 4 is 23.3 Å². The normalized spacial score (nSPS) is 13.3. The number of hydrogen-bond donors (Lipinski definition) is 0. The molecule has 0 amide bonds. The van der Waals surface area contributed by atoms with Gasteiger partial charge in [0.1, 0.15) is 11.5 Å². The van der Waals surface area contributed by atoms with Crippen LogP contribution >= 0.6 is 11.6 Å². The highest BCUT2D eigenvalue weighted by Crippen LogP contribution is 2.32. The second-order valence-electron chi connectivity index (χ2n) is 7.40. The minimum absolute atomic E-state index is 0.168. The summed E-state index contributed by atoms with van der Waals surface area (Å²) in [5, 5.41) is 0.450. The van der Waals surface area contributed by atoms with Crippen molar-refractivity contribution < 1.29 is 14.3 Å². The molecule has 0 fully saturated rings. The van der Waals surface area contributed by atoms with Crippen LogP contribution in [0.25, 0.3) is 0 Å². The van der Waals surface area contributed by atoms with Gasteiger partial charge in [-0.05, 0) is 66.8 Å². The van der Waals surface area contributed by atoms with Crippen molar-refractivity contribution in [1.29, 1.82) is 0 Å². The summed E-state index contributed by atoms with van der Waals surface area (Å²) in [7, 11) is 0. The van der Waals surface area contributed by atoms with Gasteiger partial charge in [0.2, 0.25) is 0 Å². The number of anilines is 1. The molecule has 0 aromatic heterocycles. The van der Waals surface area contributed by atoms with Crippen LogP contribution in [0, 0.1) is 6.92 Å². The molecule has 0 atom stereocenters. The maximum atomic E-state index is 12.2. The van der Waals surface area contributed by atoms with Crippen molar-refractivity contribution in [2.24, 2.45) is 0 Å². The summed E-state index contributed by atoms with van der Waals surface area (Å²) in [5.41, 5.74) is 4.91. The van der Waals surface area contributed by atoms with Gasteiger partial charge in [-0.15, -0.1) is 0 Å². The van der Waals surface area contributed by atoms with Gasteiger partial charge in [0, 0.05) is 18.8 Å². The molecule has 1 heterocycles. The number of carbonyl (C=O) groups is 1. The highest BCUT2D eigenvalue weighted by Gasteiger charge is 2.19. The zero-order valence-electron chi connectivity index (χ0n) is 16.9. The minimum Gasteiger partial charge on any atom is -0.482 e. The van der Waals surface area contributed by atoms with E-state index in [0.29, 0.717) is 16.5 Å². The third-order valence-corrected chi connectivity index (χ3v) is 5.63. The van der Waals surface area contributed by atoms with Crippen LogP contribution in [0.2, 0.25) is 5.02 Å². The molecule has 0 saturated heterocycles. The molecule has 4 rings (SSSR count). The first-order valence-corrected chi connectivity index (χ1v) is 10.5. The predicted octanol–water partition coefficient (Wildman–Crippen LogP) is 5.24. The molecule has 3 aromatic rings. The van der Waals surface area contributed by atoms with Crippen molar-refractivity contribution in [3.8, 4) is 11.5 Å². The summed E-state index contributed by atoms with van der Waals surface area (Å²) in [6, 6.07) is 21.5. The van der Waals surface area contributed by atoms with Crippen LogP contribution in [0.3, 0.4) is 0 Å². The Labute approximate surface area is 182 Å². The number of rotatable bonds is 5. The number of benzene rings is 3. The van der Waals surface area contributed by atoms with E-state index in [-0.39, 0.29) is 6.61 Å². The lowest BCUT2D eigenvalue weighted by Crippen LogP contribution is -2.26. The Bertz CT molecular complexity index is 1040. The molecule has 154 valence electrons. The predicted molar refractivity (Wildman–Crippen MR) is 120 cm³/mol. The summed E-state index contributed by atoms with van der Waals surface area (Å²) < 4.78 is 11.0. The van der Waals surface area contributed by atoms with E-state index in [0.717, 1.165) is 25.9 Å². The monoisotopic (exact) mass is 421 g/mol. The first kappa shape index (κ1) is 20.3. The van der Waals surface area contributed by atoms with Crippen molar-refractivity contribution in [1.82, 2.24) is 0 Å². The zero-order valence-corrected chi connectivity index (χ0v) is 17.7. The van der Waals surface area contributed by atoms with Gasteiger partial charge in [-0.3, -0.25) is 0 Å². The summed E-state index contributed by atoms with van der Waals surface area (Å²) in [6.07, 6.45) is 1.76. The van der Waals surface area contributed by atoms with E-state index in [1.165, 1.54) is 22.4 Å². The van der Waals surface area contributed by atoms with Crippen LogP contribution in [-0.2, 0) is 17.6 Å². The molecule has 0 radical (unpaired) electrons. The maximum absolute atomic E-state index is 12.2. The summed E-state index contributed by atoms with van der Waals surface area (Å²) in [6.45, 7) is 3.81. The Hall–Kier alpha value is -2.98. The van der Waals surface area contributed by atoms with Crippen LogP contribution in [-0.4, -0.2) is 25.7 Å². The molecule has 0 N–H and O–H groups in total. The minimum atomic E-state index is -0.476. The number of carbonyl (C=O) groups excluding carboxylic acids is 1. The Kier molecular flexibility index (Phi) is 6.24. The number of halogens is 1. The molecule has 30 heavy (non-hydrogen) atoms. The third-order valence-electron chi connectivity index (χ3n) is 5.34. The molecule has 0 aliphatic carbocycles.